The number of anilines is 1. The first kappa shape index (κ1) is 15.6. The minimum absolute atomic E-state index is 0.118. The number of carbonyl (C=O) groups is 2. The number of nitrogen functional groups attached to an aromatic ring is 1. The summed E-state index contributed by atoms with van der Waals surface area (Å²) in [6, 6.07) is 1.20. The van der Waals surface area contributed by atoms with Crippen molar-refractivity contribution in [3.05, 3.63) is 22.2 Å². The topological polar surface area (TPSA) is 115 Å². The Morgan fingerprint density at radius 2 is 1.95 bits per heavy atom. The van der Waals surface area contributed by atoms with E-state index in [2.05, 4.69) is 0 Å². The van der Waals surface area contributed by atoms with Gasteiger partial charge in [0.05, 0.1) is 17.1 Å². The van der Waals surface area contributed by atoms with Gasteiger partial charge in [-0.2, -0.15) is 8.42 Å². The van der Waals surface area contributed by atoms with E-state index in [0.29, 0.717) is 5.56 Å². The Labute approximate surface area is 115 Å². The molecular weight excluding hydrogens is 294 g/mol. The molecule has 1 aromatic carbocycles. The van der Waals surface area contributed by atoms with E-state index in [9.17, 15) is 18.0 Å². The van der Waals surface area contributed by atoms with E-state index in [0.717, 1.165) is 0 Å². The zero-order valence-corrected chi connectivity index (χ0v) is 11.8. The molecule has 0 heterocycles. The molecular formula is C11H12ClNO5S. The summed E-state index contributed by atoms with van der Waals surface area (Å²) in [5.74, 6) is -1.00. The Balaban J connectivity index is 3.59. The first-order chi connectivity index (χ1) is 8.55. The second-order valence-electron chi connectivity index (χ2n) is 4.07. The molecule has 0 unspecified atom stereocenters. The van der Waals surface area contributed by atoms with Crippen LogP contribution < -0.4 is 5.73 Å². The third-order valence-corrected chi connectivity index (χ3v) is 3.78. The highest BCUT2D eigenvalue weighted by Crippen LogP contribution is 2.33. The Kier molecular flexibility index (Phi) is 4.34. The van der Waals surface area contributed by atoms with Gasteiger partial charge in [0.1, 0.15) is 10.7 Å². The van der Waals surface area contributed by atoms with Crippen LogP contribution in [0.4, 0.5) is 5.69 Å². The molecule has 0 fully saturated rings. The highest BCUT2D eigenvalue weighted by molar-refractivity contribution is 7.86. The van der Waals surface area contributed by atoms with Crippen LogP contribution in [0.2, 0.25) is 5.02 Å². The third-order valence-electron chi connectivity index (χ3n) is 2.41. The third kappa shape index (κ3) is 3.31. The molecule has 3 N–H and O–H groups in total. The molecule has 1 aromatic rings. The highest BCUT2D eigenvalue weighted by Gasteiger charge is 2.25. The van der Waals surface area contributed by atoms with Crippen LogP contribution in [-0.4, -0.2) is 24.5 Å². The molecule has 0 aliphatic carbocycles. The minimum Gasteiger partial charge on any atom is -0.397 e. The second-order valence-corrected chi connectivity index (χ2v) is 5.84. The number of halogens is 1. The van der Waals surface area contributed by atoms with Gasteiger partial charge in [-0.05, 0) is 25.5 Å². The Morgan fingerprint density at radius 1 is 1.42 bits per heavy atom. The molecule has 104 valence electrons. The number of hydrogen-bond donors (Lipinski definition) is 2. The van der Waals surface area contributed by atoms with Crippen LogP contribution in [0, 0.1) is 6.92 Å². The van der Waals surface area contributed by atoms with Gasteiger partial charge in [-0.15, -0.1) is 0 Å². The molecule has 0 aliphatic rings. The lowest BCUT2D eigenvalue weighted by atomic mass is 9.99. The molecule has 19 heavy (non-hydrogen) atoms. The summed E-state index contributed by atoms with van der Waals surface area (Å²) < 4.78 is 31.5. The predicted molar refractivity (Wildman–Crippen MR) is 70.0 cm³/mol. The van der Waals surface area contributed by atoms with Gasteiger partial charge in [-0.25, -0.2) is 0 Å². The normalized spacial score (nSPS) is 11.4. The van der Waals surface area contributed by atoms with Crippen molar-refractivity contribution in [1.82, 2.24) is 0 Å². The number of carbonyl (C=O) groups excluding carboxylic acids is 2. The Bertz CT molecular complexity index is 666. The van der Waals surface area contributed by atoms with Crippen molar-refractivity contribution >= 4 is 39.0 Å². The van der Waals surface area contributed by atoms with Crippen LogP contribution in [0.1, 0.15) is 29.3 Å². The molecule has 6 nitrogen and oxygen atoms in total. The van der Waals surface area contributed by atoms with Crippen LogP contribution in [0.3, 0.4) is 0 Å². The number of rotatable bonds is 4. The van der Waals surface area contributed by atoms with E-state index >= 15 is 0 Å². The molecule has 0 spiro atoms. The van der Waals surface area contributed by atoms with Crippen molar-refractivity contribution in [2.45, 2.75) is 25.2 Å². The fourth-order valence-electron chi connectivity index (χ4n) is 1.73. The molecule has 0 atom stereocenters. The van der Waals surface area contributed by atoms with Crippen molar-refractivity contribution in [1.29, 1.82) is 0 Å². The first-order valence-corrected chi connectivity index (χ1v) is 6.96. The Hall–Kier alpha value is -1.44. The van der Waals surface area contributed by atoms with Gasteiger partial charge in [0.15, 0.2) is 5.78 Å². The fraction of sp³-hybridized carbons (Fsp3) is 0.273. The van der Waals surface area contributed by atoms with Crippen LogP contribution >= 0.6 is 11.6 Å². The summed E-state index contributed by atoms with van der Waals surface area (Å²) in [7, 11) is -4.66. The lowest BCUT2D eigenvalue weighted by Crippen LogP contribution is -2.14. The quantitative estimate of drug-likeness (QED) is 0.378. The van der Waals surface area contributed by atoms with Gasteiger partial charge < -0.3 is 5.73 Å². The molecule has 0 bridgehead atoms. The zero-order valence-electron chi connectivity index (χ0n) is 10.2. The van der Waals surface area contributed by atoms with Crippen molar-refractivity contribution in [2.24, 2.45) is 0 Å². The SMILES string of the molecule is CC(=O)CC(=O)c1c(C)cc(Cl)c(S(=O)(=O)O)c1N. The average molecular weight is 306 g/mol. The smallest absolute Gasteiger partial charge is 0.298 e. The summed E-state index contributed by atoms with van der Waals surface area (Å²) in [6.45, 7) is 2.73. The molecule has 1 rings (SSSR count). The van der Waals surface area contributed by atoms with Gasteiger partial charge in [0.2, 0.25) is 0 Å². The molecule has 0 saturated heterocycles. The maximum absolute atomic E-state index is 11.9. The summed E-state index contributed by atoms with van der Waals surface area (Å²) >= 11 is 5.70. The lowest BCUT2D eigenvalue weighted by molar-refractivity contribution is -0.116. The number of benzene rings is 1. The number of nitrogens with two attached hydrogens (primary N) is 1. The van der Waals surface area contributed by atoms with Gasteiger partial charge in [-0.3, -0.25) is 14.1 Å². The van der Waals surface area contributed by atoms with E-state index < -0.39 is 32.9 Å². The maximum atomic E-state index is 11.9. The van der Waals surface area contributed by atoms with Gasteiger partial charge >= 0.3 is 0 Å². The number of ketones is 2. The molecule has 8 heteroatoms. The van der Waals surface area contributed by atoms with Crippen molar-refractivity contribution in [3.8, 4) is 0 Å². The van der Waals surface area contributed by atoms with Crippen LogP contribution in [0.5, 0.6) is 0 Å². The molecule has 0 aromatic heterocycles. The van der Waals surface area contributed by atoms with Crippen LogP contribution in [0.25, 0.3) is 0 Å². The maximum Gasteiger partial charge on any atom is 0.298 e. The molecule has 0 aliphatic heterocycles. The van der Waals surface area contributed by atoms with Crippen LogP contribution in [0.15, 0.2) is 11.0 Å². The lowest BCUT2D eigenvalue weighted by Gasteiger charge is -2.12. The number of Topliss-reactive ketones (excluding diaryl/α,β-unsaturated/α-hetero) is 2. The fourth-order valence-corrected chi connectivity index (χ4v) is 2.97. The van der Waals surface area contributed by atoms with E-state index in [1.165, 1.54) is 19.9 Å². The average Bonchev–Trinajstić information content (AvgIpc) is 2.11. The van der Waals surface area contributed by atoms with Gasteiger partial charge in [0, 0.05) is 5.56 Å². The summed E-state index contributed by atoms with van der Waals surface area (Å²) in [5, 5.41) is -0.281. The van der Waals surface area contributed by atoms with E-state index in [4.69, 9.17) is 21.9 Å². The van der Waals surface area contributed by atoms with Crippen molar-refractivity contribution < 1.29 is 22.6 Å². The van der Waals surface area contributed by atoms with E-state index in [1.54, 1.807) is 0 Å². The predicted octanol–water partition coefficient (Wildman–Crippen LogP) is 1.64. The zero-order chi connectivity index (χ0) is 15.0. The van der Waals surface area contributed by atoms with Gasteiger partial charge in [0.25, 0.3) is 10.1 Å². The second kappa shape index (κ2) is 5.28. The molecule has 0 saturated carbocycles. The largest absolute Gasteiger partial charge is 0.397 e. The standard InChI is InChI=1S/C11H12ClNO5S/c1-5-3-7(12)11(19(16,17)18)10(13)9(5)8(15)4-6(2)14/h3H,4,13H2,1-2H3,(H,16,17,18). The van der Waals surface area contributed by atoms with Crippen molar-refractivity contribution in [2.75, 3.05) is 5.73 Å². The van der Waals surface area contributed by atoms with Crippen molar-refractivity contribution in [3.63, 3.8) is 0 Å². The van der Waals surface area contributed by atoms with Crippen LogP contribution in [-0.2, 0) is 14.9 Å². The molecule has 0 radical (unpaired) electrons. The highest BCUT2D eigenvalue weighted by atomic mass is 35.5. The first-order valence-electron chi connectivity index (χ1n) is 5.14. The van der Waals surface area contributed by atoms with Gasteiger partial charge in [-0.1, -0.05) is 11.6 Å². The summed E-state index contributed by atoms with van der Waals surface area (Å²) in [5.41, 5.74) is 5.36. The summed E-state index contributed by atoms with van der Waals surface area (Å²) in [4.78, 5) is 22.1. The number of aryl methyl sites for hydroxylation is 1. The van der Waals surface area contributed by atoms with E-state index in [1.807, 2.05) is 0 Å². The monoisotopic (exact) mass is 305 g/mol. The van der Waals surface area contributed by atoms with E-state index in [-0.39, 0.29) is 16.4 Å². The molecule has 0 amide bonds. The number of hydrogen-bond acceptors (Lipinski definition) is 5. The Morgan fingerprint density at radius 3 is 2.37 bits per heavy atom. The summed E-state index contributed by atoms with van der Waals surface area (Å²) in [6.07, 6.45) is -0.405. The minimum atomic E-state index is -4.66.